The molecule has 0 saturated heterocycles. The highest BCUT2D eigenvalue weighted by Gasteiger charge is 2.22. The van der Waals surface area contributed by atoms with Gasteiger partial charge >= 0.3 is 0 Å². The van der Waals surface area contributed by atoms with E-state index in [4.69, 9.17) is 0 Å². The van der Waals surface area contributed by atoms with Gasteiger partial charge in [-0.2, -0.15) is 5.10 Å². The average Bonchev–Trinajstić information content (AvgIpc) is 3.10. The van der Waals surface area contributed by atoms with Crippen LogP contribution >= 0.6 is 0 Å². The van der Waals surface area contributed by atoms with Crippen molar-refractivity contribution in [3.8, 4) is 22.5 Å². The summed E-state index contributed by atoms with van der Waals surface area (Å²) in [6.45, 7) is 6.01. The van der Waals surface area contributed by atoms with Gasteiger partial charge in [0.25, 0.3) is 0 Å². The Morgan fingerprint density at radius 3 is 2.69 bits per heavy atom. The molecule has 26 heavy (non-hydrogen) atoms. The molecule has 2 aromatic heterocycles. The Morgan fingerprint density at radius 2 is 2.08 bits per heavy atom. The van der Waals surface area contributed by atoms with Gasteiger partial charge in [0.1, 0.15) is 11.6 Å². The van der Waals surface area contributed by atoms with E-state index in [9.17, 15) is 13.6 Å². The smallest absolute Gasteiger partial charge is 0.216 e. The first kappa shape index (κ1) is 17.8. The lowest BCUT2D eigenvalue weighted by Gasteiger charge is -2.12. The summed E-state index contributed by atoms with van der Waals surface area (Å²) in [4.78, 5) is 15.5. The molecule has 0 aliphatic rings. The molecule has 6 nitrogen and oxygen atoms in total. The van der Waals surface area contributed by atoms with Gasteiger partial charge in [-0.15, -0.1) is 0 Å². The Labute approximate surface area is 149 Å². The van der Waals surface area contributed by atoms with Gasteiger partial charge < -0.3 is 9.88 Å². The van der Waals surface area contributed by atoms with Crippen LogP contribution in [0.5, 0.6) is 0 Å². The normalized spacial score (nSPS) is 11.0. The lowest BCUT2D eigenvalue weighted by molar-refractivity contribution is -0.118. The highest BCUT2D eigenvalue weighted by Crippen LogP contribution is 2.35. The van der Waals surface area contributed by atoms with Crippen molar-refractivity contribution in [3.63, 3.8) is 0 Å². The predicted molar refractivity (Wildman–Crippen MR) is 93.3 cm³/mol. The number of aromatic amines is 1. The summed E-state index contributed by atoms with van der Waals surface area (Å²) < 4.78 is 29.5. The monoisotopic (exact) mass is 359 g/mol. The number of amides is 1. The summed E-state index contributed by atoms with van der Waals surface area (Å²) in [6, 6.07) is 3.41. The highest BCUT2D eigenvalue weighted by atomic mass is 19.1. The minimum Gasteiger partial charge on any atom is -0.355 e. The molecule has 2 N–H and O–H groups in total. The summed E-state index contributed by atoms with van der Waals surface area (Å²) in [5.41, 5.74) is 3.64. The molecule has 0 fully saturated rings. The third-order valence-corrected chi connectivity index (χ3v) is 4.12. The number of aromatic nitrogens is 4. The van der Waals surface area contributed by atoms with E-state index in [1.807, 2.05) is 18.4 Å². The van der Waals surface area contributed by atoms with Gasteiger partial charge in [-0.05, 0) is 26.0 Å². The quantitative estimate of drug-likeness (QED) is 0.735. The summed E-state index contributed by atoms with van der Waals surface area (Å²) in [7, 11) is 0. The number of benzene rings is 1. The second kappa shape index (κ2) is 7.07. The number of nitrogens with one attached hydrogen (secondary N) is 2. The van der Waals surface area contributed by atoms with Crippen molar-refractivity contribution in [2.75, 3.05) is 6.54 Å². The molecule has 136 valence electrons. The summed E-state index contributed by atoms with van der Waals surface area (Å²) in [6.07, 6.45) is 1.58. The molecule has 0 unspecified atom stereocenters. The topological polar surface area (TPSA) is 75.6 Å². The lowest BCUT2D eigenvalue weighted by atomic mass is 10.0. The second-order valence-electron chi connectivity index (χ2n) is 6.05. The van der Waals surface area contributed by atoms with Crippen LogP contribution in [0.2, 0.25) is 0 Å². The second-order valence-corrected chi connectivity index (χ2v) is 6.05. The van der Waals surface area contributed by atoms with E-state index < -0.39 is 11.6 Å². The lowest BCUT2D eigenvalue weighted by Crippen LogP contribution is -2.24. The molecule has 0 atom stereocenters. The maximum atomic E-state index is 14.4. The molecule has 2 heterocycles. The predicted octanol–water partition coefficient (Wildman–Crippen LogP) is 2.97. The number of hydrogen-bond donors (Lipinski definition) is 2. The Bertz CT molecular complexity index is 941. The van der Waals surface area contributed by atoms with Gasteiger partial charge in [0.05, 0.1) is 23.4 Å². The number of imidazole rings is 1. The zero-order valence-corrected chi connectivity index (χ0v) is 14.7. The zero-order valence-electron chi connectivity index (χ0n) is 14.7. The van der Waals surface area contributed by atoms with Crippen LogP contribution in [0.25, 0.3) is 22.5 Å². The van der Waals surface area contributed by atoms with Gasteiger partial charge in [0.15, 0.2) is 0 Å². The van der Waals surface area contributed by atoms with E-state index in [1.54, 1.807) is 6.33 Å². The fourth-order valence-corrected chi connectivity index (χ4v) is 2.94. The number of H-pyrrole nitrogens is 1. The summed E-state index contributed by atoms with van der Waals surface area (Å²) in [5.74, 6) is -1.46. The molecule has 0 spiro atoms. The van der Waals surface area contributed by atoms with Crippen molar-refractivity contribution >= 4 is 5.91 Å². The maximum absolute atomic E-state index is 14.4. The van der Waals surface area contributed by atoms with Crippen molar-refractivity contribution in [2.24, 2.45) is 0 Å². The molecule has 3 aromatic rings. The number of carbonyl (C=O) groups is 1. The molecular weight excluding hydrogens is 340 g/mol. The fourth-order valence-electron chi connectivity index (χ4n) is 2.94. The van der Waals surface area contributed by atoms with Crippen LogP contribution in [-0.4, -0.2) is 32.2 Å². The van der Waals surface area contributed by atoms with Gasteiger partial charge in [0, 0.05) is 42.9 Å². The molecule has 3 rings (SSSR count). The Kier molecular flexibility index (Phi) is 4.83. The number of aryl methyl sites for hydroxylation is 2. The Hall–Kier alpha value is -3.03. The molecule has 0 radical (unpaired) electrons. The van der Waals surface area contributed by atoms with E-state index in [2.05, 4.69) is 20.5 Å². The standard InChI is InChI=1S/C18H19F2N5O/c1-10-16(11(2)24-23-10)18-17(14-5-4-13(19)8-15(14)20)22-9-25(18)7-6-21-12(3)26/h4-5,8-9H,6-7H2,1-3H3,(H,21,26)(H,23,24). The Morgan fingerprint density at radius 1 is 1.31 bits per heavy atom. The zero-order chi connectivity index (χ0) is 18.8. The van der Waals surface area contributed by atoms with E-state index in [0.29, 0.717) is 24.5 Å². The minimum absolute atomic E-state index is 0.132. The number of nitrogens with zero attached hydrogens (tertiary/aromatic N) is 3. The first-order valence-electron chi connectivity index (χ1n) is 8.15. The van der Waals surface area contributed by atoms with Crippen LogP contribution in [0, 0.1) is 25.5 Å². The molecule has 0 aliphatic heterocycles. The third-order valence-electron chi connectivity index (χ3n) is 4.12. The molecule has 1 amide bonds. The van der Waals surface area contributed by atoms with E-state index >= 15 is 0 Å². The highest BCUT2D eigenvalue weighted by molar-refractivity contribution is 5.81. The minimum atomic E-state index is -0.683. The van der Waals surface area contributed by atoms with Crippen molar-refractivity contribution in [1.29, 1.82) is 0 Å². The van der Waals surface area contributed by atoms with E-state index in [1.165, 1.54) is 19.1 Å². The first-order valence-corrected chi connectivity index (χ1v) is 8.15. The Balaban J connectivity index is 2.13. The van der Waals surface area contributed by atoms with E-state index in [0.717, 1.165) is 23.0 Å². The molecule has 0 saturated carbocycles. The number of carbonyl (C=O) groups excluding carboxylic acids is 1. The molecule has 0 aliphatic carbocycles. The van der Waals surface area contributed by atoms with Gasteiger partial charge in [-0.25, -0.2) is 13.8 Å². The van der Waals surface area contributed by atoms with Gasteiger partial charge in [-0.1, -0.05) is 0 Å². The van der Waals surface area contributed by atoms with Gasteiger partial charge in [-0.3, -0.25) is 9.89 Å². The van der Waals surface area contributed by atoms with Crippen molar-refractivity contribution < 1.29 is 13.6 Å². The van der Waals surface area contributed by atoms with E-state index in [-0.39, 0.29) is 11.5 Å². The fraction of sp³-hybridized carbons (Fsp3) is 0.278. The van der Waals surface area contributed by atoms with Crippen LogP contribution in [0.15, 0.2) is 24.5 Å². The number of hydrogen-bond acceptors (Lipinski definition) is 3. The summed E-state index contributed by atoms with van der Waals surface area (Å²) in [5, 5.41) is 9.85. The summed E-state index contributed by atoms with van der Waals surface area (Å²) >= 11 is 0. The van der Waals surface area contributed by atoms with Crippen LogP contribution < -0.4 is 5.32 Å². The molecule has 0 bridgehead atoms. The van der Waals surface area contributed by atoms with Crippen LogP contribution in [-0.2, 0) is 11.3 Å². The van der Waals surface area contributed by atoms with Crippen LogP contribution in [0.1, 0.15) is 18.3 Å². The average molecular weight is 359 g/mol. The SMILES string of the molecule is CC(=O)NCCn1cnc(-c2ccc(F)cc2F)c1-c1c(C)n[nH]c1C. The largest absolute Gasteiger partial charge is 0.355 e. The molecular formula is C18H19F2N5O. The third kappa shape index (κ3) is 3.35. The van der Waals surface area contributed by atoms with Crippen molar-refractivity contribution in [1.82, 2.24) is 25.1 Å². The van der Waals surface area contributed by atoms with Gasteiger partial charge in [0.2, 0.25) is 5.91 Å². The molecule has 1 aromatic carbocycles. The van der Waals surface area contributed by atoms with Crippen LogP contribution in [0.3, 0.4) is 0 Å². The number of rotatable bonds is 5. The van der Waals surface area contributed by atoms with Crippen molar-refractivity contribution in [3.05, 3.63) is 47.5 Å². The van der Waals surface area contributed by atoms with Crippen molar-refractivity contribution in [2.45, 2.75) is 27.3 Å². The molecule has 8 heteroatoms. The van der Waals surface area contributed by atoms with Crippen LogP contribution in [0.4, 0.5) is 8.78 Å². The maximum Gasteiger partial charge on any atom is 0.216 e. The first-order chi connectivity index (χ1) is 12.4. The number of halogens is 2.